The normalized spacial score (nSPS) is 23.7. The zero-order valence-corrected chi connectivity index (χ0v) is 13.8. The van der Waals surface area contributed by atoms with E-state index in [1.54, 1.807) is 12.2 Å². The summed E-state index contributed by atoms with van der Waals surface area (Å²) in [4.78, 5) is 0. The van der Waals surface area contributed by atoms with Gasteiger partial charge < -0.3 is 0 Å². The predicted molar refractivity (Wildman–Crippen MR) is 73.4 cm³/mol. The molecule has 0 aromatic rings. The Kier molecular flexibility index (Phi) is 5.62. The van der Waals surface area contributed by atoms with E-state index in [4.69, 9.17) is 0 Å². The smallest absolute Gasteiger partial charge is 0.203 e. The van der Waals surface area contributed by atoms with E-state index >= 15 is 0 Å². The standard InChI is InChI=1S/C16H14F12/c17-11(18)15(25,26)13(21,22)7-14(23,24)16(27,28)12(19,20)4-3-10-6-8-1-2-9(10)5-8/h1-2,6,8-9,11H,3-5,7H2. The summed E-state index contributed by atoms with van der Waals surface area (Å²) in [6.45, 7) is 0. The maximum atomic E-state index is 13.8. The van der Waals surface area contributed by atoms with Crippen molar-refractivity contribution in [3.05, 3.63) is 23.8 Å². The number of rotatable bonds is 9. The van der Waals surface area contributed by atoms with Crippen molar-refractivity contribution in [3.8, 4) is 0 Å². The molecule has 0 nitrogen and oxygen atoms in total. The van der Waals surface area contributed by atoms with Gasteiger partial charge in [-0.05, 0) is 24.7 Å². The topological polar surface area (TPSA) is 0 Å². The summed E-state index contributed by atoms with van der Waals surface area (Å²) in [7, 11) is 0. The average Bonchev–Trinajstić information content (AvgIpc) is 3.14. The Morgan fingerprint density at radius 3 is 1.82 bits per heavy atom. The molecule has 0 aliphatic heterocycles. The van der Waals surface area contributed by atoms with Crippen LogP contribution in [0.25, 0.3) is 0 Å². The molecule has 12 heteroatoms. The van der Waals surface area contributed by atoms with Gasteiger partial charge in [-0.1, -0.05) is 23.8 Å². The first-order chi connectivity index (χ1) is 12.4. The summed E-state index contributed by atoms with van der Waals surface area (Å²) in [5, 5.41) is 0. The van der Waals surface area contributed by atoms with Gasteiger partial charge in [0.2, 0.25) is 0 Å². The van der Waals surface area contributed by atoms with Crippen LogP contribution in [-0.4, -0.2) is 36.0 Å². The molecule has 28 heavy (non-hydrogen) atoms. The lowest BCUT2D eigenvalue weighted by atomic mass is 9.90. The van der Waals surface area contributed by atoms with Crippen LogP contribution in [0.4, 0.5) is 52.7 Å². The van der Waals surface area contributed by atoms with Crippen LogP contribution in [0.3, 0.4) is 0 Å². The molecule has 0 saturated heterocycles. The highest BCUT2D eigenvalue weighted by molar-refractivity contribution is 5.30. The van der Waals surface area contributed by atoms with Crippen LogP contribution in [0.5, 0.6) is 0 Å². The van der Waals surface area contributed by atoms with E-state index in [1.807, 2.05) is 0 Å². The molecule has 0 amide bonds. The van der Waals surface area contributed by atoms with Gasteiger partial charge in [-0.3, -0.25) is 0 Å². The quantitative estimate of drug-likeness (QED) is 0.279. The van der Waals surface area contributed by atoms with Crippen LogP contribution in [0.2, 0.25) is 0 Å². The number of hydrogen-bond acceptors (Lipinski definition) is 0. The SMILES string of the molecule is FC(F)C(F)(F)C(F)(F)CC(F)(F)C(F)(F)C(F)(F)CCC1=CC2C=CC1C2. The summed E-state index contributed by atoms with van der Waals surface area (Å²) in [5.74, 6) is -31.5. The Morgan fingerprint density at radius 2 is 1.39 bits per heavy atom. The maximum Gasteiger partial charge on any atom is 0.372 e. The predicted octanol–water partition coefficient (Wildman–Crippen LogP) is 6.73. The van der Waals surface area contributed by atoms with Crippen molar-refractivity contribution < 1.29 is 52.7 Å². The number of allylic oxidation sites excluding steroid dienone is 4. The van der Waals surface area contributed by atoms with Gasteiger partial charge in [-0.2, -0.15) is 43.9 Å². The van der Waals surface area contributed by atoms with Gasteiger partial charge >= 0.3 is 36.0 Å². The molecule has 0 aromatic heterocycles. The Bertz CT molecular complexity index is 646. The molecule has 2 bridgehead atoms. The van der Waals surface area contributed by atoms with E-state index < -0.39 is 55.3 Å². The second-order valence-electron chi connectivity index (χ2n) is 6.92. The van der Waals surface area contributed by atoms with Gasteiger partial charge in [0.1, 0.15) is 0 Å². The van der Waals surface area contributed by atoms with Crippen molar-refractivity contribution in [1.29, 1.82) is 0 Å². The fourth-order valence-corrected chi connectivity index (χ4v) is 3.19. The van der Waals surface area contributed by atoms with Gasteiger partial charge in [-0.25, -0.2) is 8.78 Å². The summed E-state index contributed by atoms with van der Waals surface area (Å²) in [6.07, 6.45) is -6.25. The molecule has 2 aliphatic rings. The molecule has 2 unspecified atom stereocenters. The molecular formula is C16H14F12. The highest BCUT2D eigenvalue weighted by atomic mass is 19.4. The Balaban J connectivity index is 2.14. The average molecular weight is 434 g/mol. The van der Waals surface area contributed by atoms with Gasteiger partial charge in [0, 0.05) is 6.42 Å². The summed E-state index contributed by atoms with van der Waals surface area (Å²) >= 11 is 0. The van der Waals surface area contributed by atoms with Crippen LogP contribution in [0.15, 0.2) is 23.8 Å². The third kappa shape index (κ3) is 3.74. The number of halogens is 12. The molecule has 0 radical (unpaired) electrons. The van der Waals surface area contributed by atoms with Crippen LogP contribution < -0.4 is 0 Å². The molecule has 2 atom stereocenters. The van der Waals surface area contributed by atoms with Gasteiger partial charge in [0.15, 0.2) is 0 Å². The minimum Gasteiger partial charge on any atom is -0.203 e. The monoisotopic (exact) mass is 434 g/mol. The highest BCUT2D eigenvalue weighted by Crippen LogP contribution is 2.55. The first-order valence-corrected chi connectivity index (χ1v) is 8.01. The van der Waals surface area contributed by atoms with Crippen molar-refractivity contribution in [2.24, 2.45) is 11.8 Å². The highest BCUT2D eigenvalue weighted by Gasteiger charge is 2.76. The minimum atomic E-state index is -6.46. The largest absolute Gasteiger partial charge is 0.372 e. The van der Waals surface area contributed by atoms with Crippen LogP contribution in [0, 0.1) is 11.8 Å². The van der Waals surface area contributed by atoms with Crippen molar-refractivity contribution in [3.63, 3.8) is 0 Å². The Hall–Kier alpha value is -1.36. The number of hydrogen-bond donors (Lipinski definition) is 0. The van der Waals surface area contributed by atoms with E-state index in [2.05, 4.69) is 0 Å². The lowest BCUT2D eigenvalue weighted by Crippen LogP contribution is -2.59. The van der Waals surface area contributed by atoms with Gasteiger partial charge in [-0.15, -0.1) is 0 Å². The number of fused-ring (bicyclic) bond motifs is 2. The minimum absolute atomic E-state index is 0.0918. The van der Waals surface area contributed by atoms with E-state index in [0.29, 0.717) is 12.0 Å². The molecule has 2 rings (SSSR count). The van der Waals surface area contributed by atoms with Crippen molar-refractivity contribution in [2.45, 2.75) is 61.7 Å². The van der Waals surface area contributed by atoms with Crippen LogP contribution >= 0.6 is 0 Å². The summed E-state index contributed by atoms with van der Waals surface area (Å²) < 4.78 is 157. The molecule has 2 aliphatic carbocycles. The van der Waals surface area contributed by atoms with Crippen LogP contribution in [-0.2, 0) is 0 Å². The summed E-state index contributed by atoms with van der Waals surface area (Å²) in [5.41, 5.74) is 0.292. The molecule has 162 valence electrons. The second kappa shape index (κ2) is 6.86. The number of alkyl halides is 12. The molecule has 0 fully saturated rings. The Labute approximate surface area is 151 Å². The summed E-state index contributed by atoms with van der Waals surface area (Å²) in [6, 6.07) is 0. The first kappa shape index (κ1) is 22.9. The molecule has 0 spiro atoms. The van der Waals surface area contributed by atoms with E-state index in [-0.39, 0.29) is 11.8 Å². The van der Waals surface area contributed by atoms with Crippen molar-refractivity contribution >= 4 is 0 Å². The van der Waals surface area contributed by atoms with Crippen molar-refractivity contribution in [1.82, 2.24) is 0 Å². The third-order valence-corrected chi connectivity index (χ3v) is 4.87. The van der Waals surface area contributed by atoms with Gasteiger partial charge in [0.25, 0.3) is 0 Å². The molecule has 0 heterocycles. The maximum absolute atomic E-state index is 13.8. The molecule has 0 N–H and O–H groups in total. The van der Waals surface area contributed by atoms with E-state index in [1.165, 1.54) is 6.08 Å². The van der Waals surface area contributed by atoms with Gasteiger partial charge in [0.05, 0.1) is 6.42 Å². The fraction of sp³-hybridized carbons (Fsp3) is 0.750. The third-order valence-electron chi connectivity index (χ3n) is 4.87. The van der Waals surface area contributed by atoms with E-state index in [9.17, 15) is 52.7 Å². The molecule has 0 aromatic carbocycles. The second-order valence-corrected chi connectivity index (χ2v) is 6.92. The zero-order chi connectivity index (χ0) is 21.8. The lowest BCUT2D eigenvalue weighted by Gasteiger charge is -2.36. The van der Waals surface area contributed by atoms with Crippen LogP contribution in [0.1, 0.15) is 25.7 Å². The van der Waals surface area contributed by atoms with E-state index in [0.717, 1.165) is 0 Å². The van der Waals surface area contributed by atoms with Crippen molar-refractivity contribution in [2.75, 3.05) is 0 Å². The molecular weight excluding hydrogens is 420 g/mol. The first-order valence-electron chi connectivity index (χ1n) is 8.01. The molecule has 0 saturated carbocycles. The Morgan fingerprint density at radius 1 is 0.821 bits per heavy atom. The lowest BCUT2D eigenvalue weighted by molar-refractivity contribution is -0.344. The fourth-order valence-electron chi connectivity index (χ4n) is 3.19. The zero-order valence-electron chi connectivity index (χ0n) is 13.8.